The van der Waals surface area contributed by atoms with Crippen LogP contribution in [0.3, 0.4) is 0 Å². The van der Waals surface area contributed by atoms with Gasteiger partial charge in [0.15, 0.2) is 0 Å². The number of amides is 1. The van der Waals surface area contributed by atoms with Gasteiger partial charge in [0.2, 0.25) is 5.91 Å². The highest BCUT2D eigenvalue weighted by molar-refractivity contribution is 5.76. The van der Waals surface area contributed by atoms with Crippen molar-refractivity contribution in [2.45, 2.75) is 32.8 Å². The van der Waals surface area contributed by atoms with E-state index in [4.69, 9.17) is 10.5 Å². The second-order valence-corrected chi connectivity index (χ2v) is 5.61. The van der Waals surface area contributed by atoms with Gasteiger partial charge in [0.25, 0.3) is 0 Å². The number of carbonyl (C=O) groups excluding carboxylic acids is 1. The molecule has 5 heteroatoms. The van der Waals surface area contributed by atoms with Crippen LogP contribution in [0.15, 0.2) is 0 Å². The molecule has 1 fully saturated rings. The second kappa shape index (κ2) is 8.51. The molecule has 1 amide bonds. The van der Waals surface area contributed by atoms with Gasteiger partial charge in [-0.25, -0.2) is 0 Å². The first-order valence-electron chi connectivity index (χ1n) is 7.29. The van der Waals surface area contributed by atoms with E-state index in [1.54, 1.807) is 7.11 Å². The Bertz CT molecular complexity index is 265. The summed E-state index contributed by atoms with van der Waals surface area (Å²) in [6.45, 7) is 9.57. The van der Waals surface area contributed by atoms with Gasteiger partial charge in [-0.1, -0.05) is 6.92 Å². The molecule has 0 saturated carbocycles. The molecule has 1 saturated heterocycles. The minimum atomic E-state index is 0.163. The first-order chi connectivity index (χ1) is 9.06. The van der Waals surface area contributed by atoms with Crippen molar-refractivity contribution >= 4 is 5.91 Å². The summed E-state index contributed by atoms with van der Waals surface area (Å²) >= 11 is 0. The van der Waals surface area contributed by atoms with Crippen molar-refractivity contribution in [3.8, 4) is 0 Å². The average molecular weight is 271 g/mol. The fourth-order valence-corrected chi connectivity index (χ4v) is 2.30. The van der Waals surface area contributed by atoms with Crippen molar-refractivity contribution in [3.05, 3.63) is 0 Å². The molecule has 1 aliphatic rings. The average Bonchev–Trinajstić information content (AvgIpc) is 2.44. The highest BCUT2D eigenvalue weighted by atomic mass is 16.5. The number of nitrogens with zero attached hydrogens (tertiary/aromatic N) is 2. The maximum Gasteiger partial charge on any atom is 0.222 e. The van der Waals surface area contributed by atoms with Gasteiger partial charge in [0.05, 0.1) is 6.10 Å². The van der Waals surface area contributed by atoms with Gasteiger partial charge < -0.3 is 15.4 Å². The summed E-state index contributed by atoms with van der Waals surface area (Å²) in [5, 5.41) is 0. The molecule has 1 aliphatic heterocycles. The summed E-state index contributed by atoms with van der Waals surface area (Å²) in [6, 6.07) is 0. The highest BCUT2D eigenvalue weighted by Gasteiger charge is 2.21. The highest BCUT2D eigenvalue weighted by Crippen LogP contribution is 2.09. The molecule has 0 bridgehead atoms. The zero-order valence-electron chi connectivity index (χ0n) is 12.6. The molecule has 0 aliphatic carbocycles. The summed E-state index contributed by atoms with van der Waals surface area (Å²) in [6.07, 6.45) is 1.56. The van der Waals surface area contributed by atoms with Gasteiger partial charge in [0.1, 0.15) is 0 Å². The first kappa shape index (κ1) is 16.4. The number of piperazine rings is 1. The third-order valence-corrected chi connectivity index (χ3v) is 3.86. The Morgan fingerprint density at radius 3 is 2.42 bits per heavy atom. The normalized spacial score (nSPS) is 20.3. The minimum Gasteiger partial charge on any atom is -0.382 e. The first-order valence-corrected chi connectivity index (χ1v) is 7.29. The van der Waals surface area contributed by atoms with Crippen molar-refractivity contribution in [1.29, 1.82) is 0 Å². The monoisotopic (exact) mass is 271 g/mol. The molecular weight excluding hydrogens is 242 g/mol. The van der Waals surface area contributed by atoms with E-state index in [0.29, 0.717) is 12.3 Å². The number of ether oxygens (including phenoxy) is 1. The molecule has 0 aromatic heterocycles. The van der Waals surface area contributed by atoms with E-state index in [-0.39, 0.29) is 12.0 Å². The predicted molar refractivity (Wildman–Crippen MR) is 76.9 cm³/mol. The van der Waals surface area contributed by atoms with Crippen LogP contribution in [0.5, 0.6) is 0 Å². The molecule has 0 spiro atoms. The van der Waals surface area contributed by atoms with E-state index >= 15 is 0 Å². The molecule has 5 nitrogen and oxygen atoms in total. The Balaban J connectivity index is 2.23. The Hall–Kier alpha value is -0.650. The number of hydrogen-bond acceptors (Lipinski definition) is 4. The number of hydrogen-bond donors (Lipinski definition) is 1. The van der Waals surface area contributed by atoms with Gasteiger partial charge in [-0.3, -0.25) is 9.69 Å². The van der Waals surface area contributed by atoms with E-state index in [2.05, 4.69) is 11.8 Å². The molecule has 2 atom stereocenters. The van der Waals surface area contributed by atoms with Crippen LogP contribution in [-0.2, 0) is 9.53 Å². The van der Waals surface area contributed by atoms with Crippen molar-refractivity contribution < 1.29 is 9.53 Å². The van der Waals surface area contributed by atoms with Gasteiger partial charge in [-0.2, -0.15) is 0 Å². The molecule has 0 aromatic carbocycles. The standard InChI is InChI=1S/C14H29N3O2/c1-12(10-15)11-16-6-8-17(9-7-16)14(18)5-4-13(2)19-3/h12-13H,4-11,15H2,1-3H3. The molecule has 2 N–H and O–H groups in total. The predicted octanol–water partition coefficient (Wildman–Crippen LogP) is 0.541. The van der Waals surface area contributed by atoms with Crippen LogP contribution < -0.4 is 5.73 Å². The smallest absolute Gasteiger partial charge is 0.222 e. The summed E-state index contributed by atoms with van der Waals surface area (Å²) in [4.78, 5) is 16.4. The molecule has 1 rings (SSSR count). The Morgan fingerprint density at radius 2 is 1.89 bits per heavy atom. The van der Waals surface area contributed by atoms with E-state index in [9.17, 15) is 4.79 Å². The van der Waals surface area contributed by atoms with E-state index in [1.807, 2.05) is 11.8 Å². The largest absolute Gasteiger partial charge is 0.382 e. The third-order valence-electron chi connectivity index (χ3n) is 3.86. The van der Waals surface area contributed by atoms with Crippen LogP contribution in [0.4, 0.5) is 0 Å². The molecule has 0 radical (unpaired) electrons. The van der Waals surface area contributed by atoms with Crippen molar-refractivity contribution in [2.24, 2.45) is 11.7 Å². The Labute approximate surface area is 117 Å². The lowest BCUT2D eigenvalue weighted by Gasteiger charge is -2.36. The van der Waals surface area contributed by atoms with Gasteiger partial charge in [-0.05, 0) is 25.8 Å². The topological polar surface area (TPSA) is 58.8 Å². The fraction of sp³-hybridized carbons (Fsp3) is 0.929. The number of methoxy groups -OCH3 is 1. The summed E-state index contributed by atoms with van der Waals surface area (Å²) < 4.78 is 5.17. The molecule has 19 heavy (non-hydrogen) atoms. The Morgan fingerprint density at radius 1 is 1.26 bits per heavy atom. The van der Waals surface area contributed by atoms with Crippen LogP contribution in [0, 0.1) is 5.92 Å². The zero-order chi connectivity index (χ0) is 14.3. The molecular formula is C14H29N3O2. The minimum absolute atomic E-state index is 0.163. The SMILES string of the molecule is COC(C)CCC(=O)N1CCN(CC(C)CN)CC1. The fourth-order valence-electron chi connectivity index (χ4n) is 2.30. The molecule has 1 heterocycles. The van der Waals surface area contributed by atoms with E-state index < -0.39 is 0 Å². The van der Waals surface area contributed by atoms with E-state index in [1.165, 1.54) is 0 Å². The van der Waals surface area contributed by atoms with E-state index in [0.717, 1.165) is 45.7 Å². The number of rotatable bonds is 7. The lowest BCUT2D eigenvalue weighted by atomic mass is 10.1. The maximum atomic E-state index is 12.0. The quantitative estimate of drug-likeness (QED) is 0.734. The number of carbonyl (C=O) groups is 1. The summed E-state index contributed by atoms with van der Waals surface area (Å²) in [7, 11) is 1.69. The summed E-state index contributed by atoms with van der Waals surface area (Å²) in [5.74, 6) is 0.792. The van der Waals surface area contributed by atoms with Crippen LogP contribution in [0.2, 0.25) is 0 Å². The van der Waals surface area contributed by atoms with Crippen LogP contribution in [0.1, 0.15) is 26.7 Å². The number of nitrogens with two attached hydrogens (primary N) is 1. The van der Waals surface area contributed by atoms with Gasteiger partial charge in [-0.15, -0.1) is 0 Å². The molecule has 112 valence electrons. The van der Waals surface area contributed by atoms with Crippen LogP contribution >= 0.6 is 0 Å². The van der Waals surface area contributed by atoms with Gasteiger partial charge in [0, 0.05) is 46.3 Å². The maximum absolute atomic E-state index is 12.0. The molecule has 2 unspecified atom stereocenters. The van der Waals surface area contributed by atoms with Gasteiger partial charge >= 0.3 is 0 Å². The van der Waals surface area contributed by atoms with Crippen molar-refractivity contribution in [3.63, 3.8) is 0 Å². The van der Waals surface area contributed by atoms with Crippen LogP contribution in [0.25, 0.3) is 0 Å². The van der Waals surface area contributed by atoms with Crippen molar-refractivity contribution in [1.82, 2.24) is 9.80 Å². The lowest BCUT2D eigenvalue weighted by Crippen LogP contribution is -2.50. The lowest BCUT2D eigenvalue weighted by molar-refractivity contribution is -0.133. The third kappa shape index (κ3) is 5.89. The van der Waals surface area contributed by atoms with Crippen LogP contribution in [-0.4, -0.2) is 68.2 Å². The summed E-state index contributed by atoms with van der Waals surface area (Å²) in [5.41, 5.74) is 5.64. The molecule has 0 aromatic rings. The Kier molecular flexibility index (Phi) is 7.34. The zero-order valence-corrected chi connectivity index (χ0v) is 12.6. The second-order valence-electron chi connectivity index (χ2n) is 5.61. The van der Waals surface area contributed by atoms with Crippen molar-refractivity contribution in [2.75, 3.05) is 46.4 Å².